The van der Waals surface area contributed by atoms with Crippen LogP contribution in [0.3, 0.4) is 0 Å². The van der Waals surface area contributed by atoms with Crippen LogP contribution in [0.15, 0.2) is 30.3 Å². The number of nitrogens with zero attached hydrogens (tertiary/aromatic N) is 1. The number of non-ortho nitro benzene ring substituents is 1. The maximum atomic E-state index is 12.6. The Balaban J connectivity index is 1.82. The lowest BCUT2D eigenvalue weighted by molar-refractivity contribution is -0.384. The van der Waals surface area contributed by atoms with Crippen LogP contribution in [0.2, 0.25) is 5.02 Å². The molecule has 2 N–H and O–H groups in total. The summed E-state index contributed by atoms with van der Waals surface area (Å²) in [6.07, 6.45) is 0. The molecule has 9 nitrogen and oxygen atoms in total. The van der Waals surface area contributed by atoms with Crippen LogP contribution in [0, 0.1) is 10.1 Å². The fraction of sp³-hybridized carbons (Fsp3) is 0.278. The average molecular weight is 409 g/mol. The number of nitro benzene ring substituents is 1. The van der Waals surface area contributed by atoms with Crippen molar-refractivity contribution < 1.29 is 29.0 Å². The van der Waals surface area contributed by atoms with Crippen LogP contribution in [0.4, 0.5) is 11.4 Å². The van der Waals surface area contributed by atoms with Crippen molar-refractivity contribution in [3.8, 4) is 5.75 Å². The number of hydrogen-bond donors (Lipinski definition) is 2. The van der Waals surface area contributed by atoms with Crippen LogP contribution in [0.5, 0.6) is 5.75 Å². The van der Waals surface area contributed by atoms with Gasteiger partial charge in [0.2, 0.25) is 0 Å². The van der Waals surface area contributed by atoms with Gasteiger partial charge in [-0.2, -0.15) is 0 Å². The molecule has 0 fully saturated rings. The van der Waals surface area contributed by atoms with Gasteiger partial charge in [0.1, 0.15) is 12.4 Å². The van der Waals surface area contributed by atoms with E-state index in [9.17, 15) is 14.9 Å². The summed E-state index contributed by atoms with van der Waals surface area (Å²) in [7, 11) is 0. The van der Waals surface area contributed by atoms with Crippen molar-refractivity contribution in [2.24, 2.45) is 0 Å². The number of aliphatic hydroxyl groups excluding tert-OH is 1. The number of nitro groups is 1. The van der Waals surface area contributed by atoms with Crippen molar-refractivity contribution in [2.45, 2.75) is 13.2 Å². The molecule has 28 heavy (non-hydrogen) atoms. The Morgan fingerprint density at radius 2 is 2.18 bits per heavy atom. The summed E-state index contributed by atoms with van der Waals surface area (Å²) in [6.45, 7) is 0.282. The van der Waals surface area contributed by atoms with Gasteiger partial charge in [0.25, 0.3) is 5.69 Å². The zero-order valence-electron chi connectivity index (χ0n) is 14.6. The summed E-state index contributed by atoms with van der Waals surface area (Å²) in [4.78, 5) is 23.0. The minimum absolute atomic E-state index is 0.0113. The second kappa shape index (κ2) is 8.87. The van der Waals surface area contributed by atoms with Gasteiger partial charge in [-0.15, -0.1) is 0 Å². The van der Waals surface area contributed by atoms with E-state index in [1.54, 1.807) is 12.1 Å². The third-order valence-corrected chi connectivity index (χ3v) is 4.19. The quantitative estimate of drug-likeness (QED) is 0.407. The van der Waals surface area contributed by atoms with Crippen molar-refractivity contribution >= 4 is 28.9 Å². The highest BCUT2D eigenvalue weighted by Gasteiger charge is 2.21. The lowest BCUT2D eigenvalue weighted by atomic mass is 10.1. The van der Waals surface area contributed by atoms with Crippen LogP contribution < -0.4 is 10.1 Å². The number of anilines is 1. The molecule has 0 amide bonds. The predicted molar refractivity (Wildman–Crippen MR) is 99.5 cm³/mol. The number of hydrogen-bond acceptors (Lipinski definition) is 8. The van der Waals surface area contributed by atoms with Gasteiger partial charge in [-0.3, -0.25) is 10.1 Å². The largest absolute Gasteiger partial charge is 0.467 e. The molecule has 2 aromatic carbocycles. The Morgan fingerprint density at radius 1 is 1.36 bits per heavy atom. The zero-order valence-corrected chi connectivity index (χ0v) is 15.4. The molecule has 3 rings (SSSR count). The predicted octanol–water partition coefficient (Wildman–Crippen LogP) is 2.88. The van der Waals surface area contributed by atoms with Crippen LogP contribution in [-0.4, -0.2) is 35.9 Å². The zero-order chi connectivity index (χ0) is 20.1. The molecule has 10 heteroatoms. The molecular formula is C18H17ClN2O7. The molecule has 2 aromatic rings. The molecule has 0 saturated heterocycles. The van der Waals surface area contributed by atoms with Gasteiger partial charge < -0.3 is 24.6 Å². The molecule has 0 saturated carbocycles. The van der Waals surface area contributed by atoms with E-state index in [1.807, 2.05) is 0 Å². The van der Waals surface area contributed by atoms with Crippen molar-refractivity contribution in [1.82, 2.24) is 0 Å². The number of aliphatic hydroxyl groups is 1. The van der Waals surface area contributed by atoms with Gasteiger partial charge in [0.05, 0.1) is 23.7 Å². The third kappa shape index (κ3) is 4.50. The van der Waals surface area contributed by atoms with Crippen molar-refractivity contribution in [2.75, 3.05) is 25.3 Å². The number of halogens is 1. The van der Waals surface area contributed by atoms with E-state index in [0.717, 1.165) is 11.6 Å². The number of carbonyl (C=O) groups is 1. The lowest BCUT2D eigenvalue weighted by Crippen LogP contribution is -2.15. The molecule has 0 aromatic heterocycles. The van der Waals surface area contributed by atoms with Gasteiger partial charge >= 0.3 is 5.97 Å². The first-order valence-electron chi connectivity index (χ1n) is 8.31. The van der Waals surface area contributed by atoms with Crippen LogP contribution >= 0.6 is 11.6 Å². The van der Waals surface area contributed by atoms with Gasteiger partial charge in [0, 0.05) is 40.5 Å². The molecule has 1 heterocycles. The first kappa shape index (κ1) is 19.9. The van der Waals surface area contributed by atoms with E-state index in [1.165, 1.54) is 12.1 Å². The number of rotatable bonds is 7. The van der Waals surface area contributed by atoms with E-state index in [-0.39, 0.29) is 37.8 Å². The first-order valence-corrected chi connectivity index (χ1v) is 8.69. The van der Waals surface area contributed by atoms with E-state index >= 15 is 0 Å². The molecule has 0 radical (unpaired) electrons. The molecular weight excluding hydrogens is 392 g/mol. The van der Waals surface area contributed by atoms with Crippen LogP contribution in [-0.2, 0) is 22.7 Å². The monoisotopic (exact) mass is 408 g/mol. The van der Waals surface area contributed by atoms with Gasteiger partial charge in [-0.1, -0.05) is 11.6 Å². The number of carbonyl (C=O) groups excluding carboxylic acids is 1. The highest BCUT2D eigenvalue weighted by atomic mass is 35.5. The molecule has 0 unspecified atom stereocenters. The average Bonchev–Trinajstić information content (AvgIpc) is 2.69. The first-order chi connectivity index (χ1) is 13.5. The summed E-state index contributed by atoms with van der Waals surface area (Å²) in [6, 6.07) is 7.11. The van der Waals surface area contributed by atoms with Crippen LogP contribution in [0.1, 0.15) is 21.5 Å². The number of benzene rings is 2. The summed E-state index contributed by atoms with van der Waals surface area (Å²) in [5.41, 5.74) is 1.37. The maximum Gasteiger partial charge on any atom is 0.340 e. The fourth-order valence-electron chi connectivity index (χ4n) is 2.74. The molecule has 0 spiro atoms. The van der Waals surface area contributed by atoms with Crippen molar-refractivity contribution in [1.29, 1.82) is 0 Å². The minimum Gasteiger partial charge on any atom is -0.467 e. The topological polar surface area (TPSA) is 120 Å². The highest BCUT2D eigenvalue weighted by Crippen LogP contribution is 2.32. The maximum absolute atomic E-state index is 12.6. The molecule has 0 aliphatic carbocycles. The third-order valence-electron chi connectivity index (χ3n) is 3.97. The normalized spacial score (nSPS) is 12.6. The molecule has 0 atom stereocenters. The van der Waals surface area contributed by atoms with Gasteiger partial charge in [-0.05, 0) is 18.2 Å². The molecule has 1 aliphatic rings. The Bertz CT molecular complexity index is 904. The smallest absolute Gasteiger partial charge is 0.340 e. The SMILES string of the molecule is O=C(OCc1cc(Cl)cc2c1OCOC2)c1cc([N+](=O)[O-])ccc1NCCO. The fourth-order valence-corrected chi connectivity index (χ4v) is 3.01. The molecule has 1 aliphatic heterocycles. The molecule has 0 bridgehead atoms. The van der Waals surface area contributed by atoms with Crippen LogP contribution in [0.25, 0.3) is 0 Å². The Hall–Kier alpha value is -2.88. The number of ether oxygens (including phenoxy) is 3. The van der Waals surface area contributed by atoms with Gasteiger partial charge in [0.15, 0.2) is 6.79 Å². The minimum atomic E-state index is -0.759. The number of fused-ring (bicyclic) bond motifs is 1. The summed E-state index contributed by atoms with van der Waals surface area (Å²) in [5, 5.41) is 23.3. The van der Waals surface area contributed by atoms with E-state index in [4.69, 9.17) is 30.9 Å². The summed E-state index contributed by atoms with van der Waals surface area (Å²) >= 11 is 6.09. The van der Waals surface area contributed by atoms with Crippen molar-refractivity contribution in [3.63, 3.8) is 0 Å². The Kier molecular flexibility index (Phi) is 6.30. The van der Waals surface area contributed by atoms with Crippen molar-refractivity contribution in [3.05, 3.63) is 62.2 Å². The van der Waals surface area contributed by atoms with Gasteiger partial charge in [-0.25, -0.2) is 4.79 Å². The Morgan fingerprint density at radius 3 is 2.93 bits per heavy atom. The second-order valence-electron chi connectivity index (χ2n) is 5.88. The second-order valence-corrected chi connectivity index (χ2v) is 6.31. The van der Waals surface area contributed by atoms with E-state index < -0.39 is 10.9 Å². The lowest BCUT2D eigenvalue weighted by Gasteiger charge is -2.21. The summed E-state index contributed by atoms with van der Waals surface area (Å²) < 4.78 is 16.0. The van der Waals surface area contributed by atoms with E-state index in [2.05, 4.69) is 5.32 Å². The van der Waals surface area contributed by atoms with E-state index in [0.29, 0.717) is 28.6 Å². The Labute approximate surface area is 164 Å². The standard InChI is InChI=1S/C18H17ClN2O7/c19-13-5-11-8-26-10-28-17(11)12(6-13)9-27-18(23)15-7-14(21(24)25)1-2-16(15)20-3-4-22/h1-2,5-7,20,22H,3-4,8-10H2. The summed E-state index contributed by atoms with van der Waals surface area (Å²) in [5.74, 6) is -0.217. The highest BCUT2D eigenvalue weighted by molar-refractivity contribution is 6.30. The molecule has 148 valence electrons. The number of nitrogens with one attached hydrogen (secondary N) is 1. The number of esters is 1.